The molecule has 2 atom stereocenters. The Kier molecular flexibility index (Phi) is 3.75. The molecule has 25 heavy (non-hydrogen) atoms. The highest BCUT2D eigenvalue weighted by Gasteiger charge is 2.26. The molecule has 0 radical (unpaired) electrons. The highest BCUT2D eigenvalue weighted by atomic mass is 16.5. The summed E-state index contributed by atoms with van der Waals surface area (Å²) in [6, 6.07) is 9.64. The van der Waals surface area contributed by atoms with Gasteiger partial charge in [-0.15, -0.1) is 5.10 Å². The van der Waals surface area contributed by atoms with Gasteiger partial charge in [0.25, 0.3) is 0 Å². The van der Waals surface area contributed by atoms with Gasteiger partial charge in [-0.1, -0.05) is 24.3 Å². The van der Waals surface area contributed by atoms with Crippen LogP contribution in [0, 0.1) is 5.21 Å². The summed E-state index contributed by atoms with van der Waals surface area (Å²) in [4.78, 5) is 4.21. The van der Waals surface area contributed by atoms with E-state index in [1.54, 1.807) is 24.8 Å². The average Bonchev–Trinajstić information content (AvgIpc) is 3.34. The van der Waals surface area contributed by atoms with Crippen LogP contribution < -0.4 is 5.32 Å². The number of aromatic nitrogens is 5. The van der Waals surface area contributed by atoms with Crippen molar-refractivity contribution in [1.29, 1.82) is 0 Å². The molecule has 4 rings (SSSR count). The number of hydrogen-bond acceptors (Lipinski definition) is 6. The van der Waals surface area contributed by atoms with Crippen molar-refractivity contribution in [2.24, 2.45) is 0 Å². The summed E-state index contributed by atoms with van der Waals surface area (Å²) in [6.07, 6.45) is 6.85. The number of nitrogens with zero attached hydrogens (tertiary/aromatic N) is 5. The molecule has 1 aliphatic rings. The summed E-state index contributed by atoms with van der Waals surface area (Å²) in [5.41, 5.74) is 3.77. The lowest BCUT2D eigenvalue weighted by molar-refractivity contribution is -0.856. The van der Waals surface area contributed by atoms with Crippen LogP contribution in [0.1, 0.15) is 18.5 Å². The van der Waals surface area contributed by atoms with Crippen LogP contribution >= 0.6 is 0 Å². The molecule has 8 heteroatoms. The molecule has 0 amide bonds. The van der Waals surface area contributed by atoms with Crippen LogP contribution in [0.2, 0.25) is 0 Å². The minimum absolute atomic E-state index is 0.188. The Hall–Kier alpha value is -3.10. The molecule has 8 nitrogen and oxygen atoms in total. The van der Waals surface area contributed by atoms with Crippen molar-refractivity contribution in [3.05, 3.63) is 65.9 Å². The Morgan fingerprint density at radius 3 is 2.68 bits per heavy atom. The Morgan fingerprint density at radius 2 is 2.00 bits per heavy atom. The normalized spacial score (nSPS) is 20.4. The number of aromatic amines is 1. The maximum Gasteiger partial charge on any atom is 0.180 e. The van der Waals surface area contributed by atoms with E-state index in [0.29, 0.717) is 12.5 Å². The van der Waals surface area contributed by atoms with Gasteiger partial charge in [-0.25, -0.2) is 5.10 Å². The molecule has 2 unspecified atom stereocenters. The molecule has 3 heterocycles. The van der Waals surface area contributed by atoms with Crippen molar-refractivity contribution < 1.29 is 4.65 Å². The quantitative estimate of drug-likeness (QED) is 0.560. The number of tetrazole rings is 1. The topological polar surface area (TPSA) is 102 Å². The maximum atomic E-state index is 12.7. The second kappa shape index (κ2) is 6.08. The number of nitrogens with one attached hydrogen (secondary N) is 2. The third kappa shape index (κ3) is 2.77. The van der Waals surface area contributed by atoms with E-state index in [1.807, 2.05) is 37.3 Å². The molecule has 0 fully saturated rings. The zero-order chi connectivity index (χ0) is 17.3. The van der Waals surface area contributed by atoms with E-state index in [1.165, 1.54) is 0 Å². The molecule has 0 saturated carbocycles. The van der Waals surface area contributed by atoms with Gasteiger partial charge in [-0.3, -0.25) is 4.98 Å². The van der Waals surface area contributed by atoms with Gasteiger partial charge in [0.2, 0.25) is 0 Å². The maximum absolute atomic E-state index is 12.7. The van der Waals surface area contributed by atoms with E-state index in [0.717, 1.165) is 22.3 Å². The van der Waals surface area contributed by atoms with E-state index >= 15 is 0 Å². The second-order valence-corrected chi connectivity index (χ2v) is 6.00. The third-order valence-corrected chi connectivity index (χ3v) is 4.56. The van der Waals surface area contributed by atoms with Gasteiger partial charge in [-0.2, -0.15) is 0 Å². The minimum atomic E-state index is -0.402. The van der Waals surface area contributed by atoms with Crippen molar-refractivity contribution >= 4 is 0 Å². The lowest BCUT2D eigenvalue weighted by Crippen LogP contribution is -2.40. The van der Waals surface area contributed by atoms with Gasteiger partial charge < -0.3 is 15.2 Å². The van der Waals surface area contributed by atoms with Gasteiger partial charge in [0.05, 0.1) is 6.20 Å². The zero-order valence-electron chi connectivity index (χ0n) is 13.6. The van der Waals surface area contributed by atoms with Crippen LogP contribution in [0.4, 0.5) is 0 Å². The SMILES string of the molecule is CC(c1ccc(-c2cnccc2-c2nnn[nH]2)cc1)[N+]1([O-])C=CNC1. The van der Waals surface area contributed by atoms with Gasteiger partial charge in [0.15, 0.2) is 12.5 Å². The van der Waals surface area contributed by atoms with Crippen LogP contribution in [0.5, 0.6) is 0 Å². The fourth-order valence-electron chi connectivity index (χ4n) is 2.99. The average molecular weight is 335 g/mol. The predicted molar refractivity (Wildman–Crippen MR) is 92.0 cm³/mol. The monoisotopic (exact) mass is 335 g/mol. The first-order chi connectivity index (χ1) is 12.2. The summed E-state index contributed by atoms with van der Waals surface area (Å²) >= 11 is 0. The standard InChI is InChI=1S/C17H17N7O/c1-12(24(25)9-8-19-11-24)13-2-4-14(5-3-13)16-10-18-7-6-15(16)17-20-22-23-21-17/h2-10,12,19H,11H2,1H3,(H,20,21,22,23). The van der Waals surface area contributed by atoms with E-state index in [2.05, 4.69) is 30.9 Å². The number of hydrogen-bond donors (Lipinski definition) is 2. The third-order valence-electron chi connectivity index (χ3n) is 4.56. The van der Waals surface area contributed by atoms with Crippen LogP contribution in [0.15, 0.2) is 55.1 Å². The van der Waals surface area contributed by atoms with Gasteiger partial charge in [0.1, 0.15) is 12.2 Å². The largest absolute Gasteiger partial charge is 0.626 e. The Labute approximate surface area is 144 Å². The lowest BCUT2D eigenvalue weighted by Gasteiger charge is -2.40. The van der Waals surface area contributed by atoms with E-state index in [-0.39, 0.29) is 6.04 Å². The van der Waals surface area contributed by atoms with E-state index in [9.17, 15) is 5.21 Å². The summed E-state index contributed by atoms with van der Waals surface area (Å²) in [6.45, 7) is 2.29. The number of rotatable bonds is 4. The summed E-state index contributed by atoms with van der Waals surface area (Å²) in [5, 5.41) is 29.7. The van der Waals surface area contributed by atoms with Crippen LogP contribution in [-0.4, -0.2) is 36.9 Å². The molecule has 126 valence electrons. The molecule has 1 aromatic carbocycles. The smallest absolute Gasteiger partial charge is 0.180 e. The lowest BCUT2D eigenvalue weighted by atomic mass is 9.98. The Bertz CT molecular complexity index is 892. The fourth-order valence-corrected chi connectivity index (χ4v) is 2.99. The zero-order valence-corrected chi connectivity index (χ0v) is 13.6. The highest BCUT2D eigenvalue weighted by Crippen LogP contribution is 2.33. The molecule has 3 aromatic rings. The molecular formula is C17H17N7O. The minimum Gasteiger partial charge on any atom is -0.626 e. The van der Waals surface area contributed by atoms with Gasteiger partial charge in [-0.05, 0) is 29.0 Å². The molecule has 1 aliphatic heterocycles. The molecule has 2 aromatic heterocycles. The molecular weight excluding hydrogens is 318 g/mol. The van der Waals surface area contributed by atoms with E-state index in [4.69, 9.17) is 0 Å². The second-order valence-electron chi connectivity index (χ2n) is 6.00. The van der Waals surface area contributed by atoms with Gasteiger partial charge >= 0.3 is 0 Å². The Balaban J connectivity index is 1.67. The molecule has 0 spiro atoms. The van der Waals surface area contributed by atoms with E-state index < -0.39 is 4.65 Å². The number of H-pyrrole nitrogens is 1. The molecule has 2 N–H and O–H groups in total. The van der Waals surface area contributed by atoms with Crippen LogP contribution in [0.3, 0.4) is 0 Å². The number of hydroxylamine groups is 3. The van der Waals surface area contributed by atoms with Crippen molar-refractivity contribution in [2.45, 2.75) is 13.0 Å². The number of pyridine rings is 1. The number of benzene rings is 1. The number of quaternary nitrogens is 1. The highest BCUT2D eigenvalue weighted by molar-refractivity contribution is 5.79. The molecule has 0 aliphatic carbocycles. The summed E-state index contributed by atoms with van der Waals surface area (Å²) < 4.78 is -0.402. The van der Waals surface area contributed by atoms with Crippen molar-refractivity contribution in [2.75, 3.05) is 6.67 Å². The molecule has 0 saturated heterocycles. The first kappa shape index (κ1) is 15.4. The molecule has 0 bridgehead atoms. The predicted octanol–water partition coefficient (Wildman–Crippen LogP) is 2.34. The van der Waals surface area contributed by atoms with Crippen molar-refractivity contribution in [3.8, 4) is 22.5 Å². The first-order valence-electron chi connectivity index (χ1n) is 7.95. The summed E-state index contributed by atoms with van der Waals surface area (Å²) in [5.74, 6) is 0.590. The van der Waals surface area contributed by atoms with Crippen molar-refractivity contribution in [3.63, 3.8) is 0 Å². The fraction of sp³-hybridized carbons (Fsp3) is 0.176. The van der Waals surface area contributed by atoms with Crippen molar-refractivity contribution in [1.82, 2.24) is 30.9 Å². The van der Waals surface area contributed by atoms with Crippen LogP contribution in [-0.2, 0) is 0 Å². The van der Waals surface area contributed by atoms with Gasteiger partial charge in [0, 0.05) is 29.1 Å². The summed E-state index contributed by atoms with van der Waals surface area (Å²) in [7, 11) is 0. The first-order valence-corrected chi connectivity index (χ1v) is 7.95. The Morgan fingerprint density at radius 1 is 1.16 bits per heavy atom. The van der Waals surface area contributed by atoms with Crippen LogP contribution in [0.25, 0.3) is 22.5 Å².